The van der Waals surface area contributed by atoms with Gasteiger partial charge in [-0.05, 0) is 0 Å². The summed E-state index contributed by atoms with van der Waals surface area (Å²) in [6.07, 6.45) is 1.55. The van der Waals surface area contributed by atoms with Crippen LogP contribution < -0.4 is 2.81 Å². The molecule has 2 rings (SSSR count). The molecular formula is C16H16N3NaO4S. The van der Waals surface area contributed by atoms with E-state index in [1.807, 2.05) is 12.1 Å². The van der Waals surface area contributed by atoms with Crippen molar-refractivity contribution in [1.29, 1.82) is 0 Å². The van der Waals surface area contributed by atoms with E-state index in [4.69, 9.17) is 8.74 Å². The van der Waals surface area contributed by atoms with Gasteiger partial charge in [0.05, 0.1) is 0 Å². The molecular weight excluding hydrogens is 353 g/mol. The summed E-state index contributed by atoms with van der Waals surface area (Å²) in [5.74, 6) is 0.0655. The van der Waals surface area contributed by atoms with Crippen molar-refractivity contribution in [2.45, 2.75) is 0 Å². The van der Waals surface area contributed by atoms with Gasteiger partial charge >= 0.3 is 165 Å². The van der Waals surface area contributed by atoms with Gasteiger partial charge in [0.25, 0.3) is 0 Å². The molecule has 0 bridgehead atoms. The fraction of sp³-hybridized carbons (Fsp3) is 0.125. The van der Waals surface area contributed by atoms with Gasteiger partial charge in [0.2, 0.25) is 0 Å². The SMILES string of the molecule is CN(C)N=Nc1ccc(/C=C(\OS(=O)(=O)O)c2cccc[c]2[Na])cc1. The van der Waals surface area contributed by atoms with Crippen molar-refractivity contribution in [3.05, 3.63) is 59.7 Å². The van der Waals surface area contributed by atoms with Crippen LogP contribution in [0, 0.1) is 0 Å². The fourth-order valence-corrected chi connectivity index (χ4v) is 3.01. The summed E-state index contributed by atoms with van der Waals surface area (Å²) in [5, 5.41) is 9.51. The fourth-order valence-electron chi connectivity index (χ4n) is 2.04. The van der Waals surface area contributed by atoms with E-state index in [0.717, 1.165) is 2.81 Å². The Balaban J connectivity index is 2.39. The first-order valence-electron chi connectivity index (χ1n) is 7.38. The molecule has 0 heterocycles. The van der Waals surface area contributed by atoms with Crippen molar-refractivity contribution in [1.82, 2.24) is 5.01 Å². The third-order valence-electron chi connectivity index (χ3n) is 3.14. The maximum atomic E-state index is 11.2. The molecule has 2 aromatic rings. The van der Waals surface area contributed by atoms with Gasteiger partial charge in [-0.15, -0.1) is 0 Å². The number of hydrogen-bond acceptors (Lipinski definition) is 5. The molecule has 0 fully saturated rings. The van der Waals surface area contributed by atoms with Crippen LogP contribution in [0.2, 0.25) is 0 Å². The molecule has 0 aromatic heterocycles. The number of benzene rings is 2. The van der Waals surface area contributed by atoms with Gasteiger partial charge in [-0.3, -0.25) is 0 Å². The van der Waals surface area contributed by atoms with Crippen molar-refractivity contribution in [3.63, 3.8) is 0 Å². The summed E-state index contributed by atoms with van der Waals surface area (Å²) in [5.41, 5.74) is 1.99. The molecule has 7 nitrogen and oxygen atoms in total. The quantitative estimate of drug-likeness (QED) is 0.211. The summed E-state index contributed by atoms with van der Waals surface area (Å²) < 4.78 is 37.2. The van der Waals surface area contributed by atoms with Gasteiger partial charge < -0.3 is 0 Å². The zero-order valence-electron chi connectivity index (χ0n) is 14.1. The summed E-state index contributed by atoms with van der Waals surface area (Å²) >= 11 is 0.700. The second-order valence-electron chi connectivity index (χ2n) is 5.46. The molecule has 0 saturated carbocycles. The molecule has 9 heteroatoms. The van der Waals surface area contributed by atoms with E-state index in [9.17, 15) is 8.42 Å². The second kappa shape index (κ2) is 8.59. The molecule has 0 saturated heterocycles. The molecule has 25 heavy (non-hydrogen) atoms. The Bertz CT molecular complexity index is 894. The molecule has 0 atom stereocenters. The Labute approximate surface area is 164 Å². The molecule has 2 aromatic carbocycles. The standard InChI is InChI=1S/C16H16N3O4S.Na/c1-19(2)18-17-15-10-8-13(9-11-15)12-16(23-24(20,21)22)14-6-4-3-5-7-14;/h3-6,8-12H,1-2H3,(H,20,21,22);/b16-12-,18-17?;. The Morgan fingerprint density at radius 3 is 2.36 bits per heavy atom. The number of hydrogen-bond donors (Lipinski definition) is 1. The molecule has 0 spiro atoms. The van der Waals surface area contributed by atoms with E-state index in [0.29, 0.717) is 44.7 Å². The van der Waals surface area contributed by atoms with E-state index in [-0.39, 0.29) is 5.76 Å². The molecule has 0 unspecified atom stereocenters. The van der Waals surface area contributed by atoms with Crippen LogP contribution in [0.5, 0.6) is 0 Å². The van der Waals surface area contributed by atoms with Crippen LogP contribution in [-0.4, -0.2) is 60.0 Å². The van der Waals surface area contributed by atoms with Crippen LogP contribution in [0.25, 0.3) is 11.8 Å². The predicted molar refractivity (Wildman–Crippen MR) is 97.0 cm³/mol. The van der Waals surface area contributed by atoms with E-state index >= 15 is 0 Å². The Hall–Kier alpha value is -1.71. The second-order valence-corrected chi connectivity index (χ2v) is 7.56. The van der Waals surface area contributed by atoms with Crippen molar-refractivity contribution in [2.75, 3.05) is 14.1 Å². The zero-order valence-corrected chi connectivity index (χ0v) is 16.9. The first-order chi connectivity index (χ1) is 11.7. The number of rotatable bonds is 6. The Morgan fingerprint density at radius 1 is 1.16 bits per heavy atom. The molecule has 0 aliphatic carbocycles. The van der Waals surface area contributed by atoms with Crippen LogP contribution in [0.1, 0.15) is 11.1 Å². The van der Waals surface area contributed by atoms with Crippen LogP contribution in [0.15, 0.2) is 58.9 Å². The van der Waals surface area contributed by atoms with Gasteiger partial charge in [0, 0.05) is 0 Å². The van der Waals surface area contributed by atoms with Gasteiger partial charge in [0.1, 0.15) is 0 Å². The summed E-state index contributed by atoms with van der Waals surface area (Å²) in [4.78, 5) is 0. The normalized spacial score (nSPS) is 12.4. The van der Waals surface area contributed by atoms with E-state index in [1.165, 1.54) is 0 Å². The van der Waals surface area contributed by atoms with E-state index < -0.39 is 10.4 Å². The van der Waals surface area contributed by atoms with Crippen LogP contribution in [0.4, 0.5) is 5.69 Å². The van der Waals surface area contributed by atoms with E-state index in [2.05, 4.69) is 10.3 Å². The molecule has 1 N–H and O–H groups in total. The first-order valence-corrected chi connectivity index (χ1v) is 9.75. The average molecular weight is 369 g/mol. The Kier molecular flexibility index (Phi) is 6.74. The van der Waals surface area contributed by atoms with Gasteiger partial charge in [-0.2, -0.15) is 0 Å². The molecule has 0 aliphatic heterocycles. The third kappa shape index (κ3) is 6.60. The molecule has 0 radical (unpaired) electrons. The predicted octanol–water partition coefficient (Wildman–Crippen LogP) is 2.36. The average Bonchev–Trinajstić information content (AvgIpc) is 2.53. The van der Waals surface area contributed by atoms with Gasteiger partial charge in [0.15, 0.2) is 0 Å². The van der Waals surface area contributed by atoms with Crippen molar-refractivity contribution in [2.24, 2.45) is 10.3 Å². The first kappa shape index (κ1) is 19.6. The third-order valence-corrected chi connectivity index (χ3v) is 4.40. The summed E-state index contributed by atoms with van der Waals surface area (Å²) in [6.45, 7) is 0. The minimum atomic E-state index is -4.63. The van der Waals surface area contributed by atoms with Crippen LogP contribution in [0.3, 0.4) is 0 Å². The van der Waals surface area contributed by atoms with Gasteiger partial charge in [-0.1, -0.05) is 0 Å². The number of nitrogens with zero attached hydrogens (tertiary/aromatic N) is 3. The zero-order chi connectivity index (χ0) is 18.4. The maximum absolute atomic E-state index is 11.2. The van der Waals surface area contributed by atoms with Crippen molar-refractivity contribution in [3.8, 4) is 0 Å². The van der Waals surface area contributed by atoms with Crippen LogP contribution in [-0.2, 0) is 14.6 Å². The molecule has 126 valence electrons. The van der Waals surface area contributed by atoms with Crippen molar-refractivity contribution < 1.29 is 17.2 Å². The van der Waals surface area contributed by atoms with Gasteiger partial charge in [-0.25, -0.2) is 0 Å². The summed E-state index contributed by atoms with van der Waals surface area (Å²) in [7, 11) is -1.09. The topological polar surface area (TPSA) is 91.6 Å². The molecule has 0 aliphatic rings. The molecule has 0 amide bonds. The van der Waals surface area contributed by atoms with Crippen LogP contribution >= 0.6 is 0 Å². The summed E-state index contributed by atoms with van der Waals surface area (Å²) in [6, 6.07) is 14.3. The monoisotopic (exact) mass is 369 g/mol. The minimum absolute atomic E-state index is 0.0655. The Morgan fingerprint density at radius 2 is 1.80 bits per heavy atom. The van der Waals surface area contributed by atoms with E-state index in [1.54, 1.807) is 61.6 Å². The van der Waals surface area contributed by atoms with Crippen molar-refractivity contribution >= 4 is 58.7 Å².